The number of carbonyl (C=O) groups excluding carboxylic acids is 2. The number of rotatable bonds is 5. The van der Waals surface area contributed by atoms with Crippen LogP contribution < -0.4 is 10.2 Å². The Kier molecular flexibility index (Phi) is 6.89. The smallest absolute Gasteiger partial charge is 0.329 e. The Bertz CT molecular complexity index is 1900. The van der Waals surface area contributed by atoms with Crippen LogP contribution in [0, 0.1) is 11.8 Å². The van der Waals surface area contributed by atoms with E-state index in [0.717, 1.165) is 14.8 Å². The van der Waals surface area contributed by atoms with E-state index in [-0.39, 0.29) is 23.9 Å². The van der Waals surface area contributed by atoms with Gasteiger partial charge in [-0.25, -0.2) is 23.1 Å². The number of amides is 3. The normalized spacial score (nSPS) is 17.2. The molecule has 2 fully saturated rings. The summed E-state index contributed by atoms with van der Waals surface area (Å²) in [6.07, 6.45) is 3.96. The molecule has 0 saturated carbocycles. The maximum atomic E-state index is 13.0. The zero-order valence-corrected chi connectivity index (χ0v) is 22.8. The number of carboxylic acids is 1. The number of sulfonamides is 1. The number of nitrogens with zero attached hydrogens (tertiary/aromatic N) is 4. The Morgan fingerprint density at radius 1 is 1.00 bits per heavy atom. The standard InChI is InChI=1S/C30H23N5O6S/c36-28-18-32-30(39)35(28)27-16-25(33-24-13-14-31-17-23(24)27)21-9-5-19(6-10-21)3-4-20-7-11-22(12-8-20)42(40,41)34-15-1-2-26(34)29(37)38/h5-14,16-17,26H,1-2,15,18H2,(H,32,39)(H,37,38)/t26-/m1/s1. The number of hydrogen-bond donors (Lipinski definition) is 2. The number of pyridine rings is 2. The fourth-order valence-corrected chi connectivity index (χ4v) is 6.69. The summed E-state index contributed by atoms with van der Waals surface area (Å²) in [6, 6.07) is 15.2. The minimum absolute atomic E-state index is 0.0247. The van der Waals surface area contributed by atoms with E-state index in [1.807, 2.05) is 24.3 Å². The van der Waals surface area contributed by atoms with Gasteiger partial charge < -0.3 is 10.4 Å². The predicted molar refractivity (Wildman–Crippen MR) is 153 cm³/mol. The first kappa shape index (κ1) is 27.1. The molecule has 2 aliphatic rings. The van der Waals surface area contributed by atoms with E-state index in [4.69, 9.17) is 4.98 Å². The van der Waals surface area contributed by atoms with Crippen LogP contribution in [0.2, 0.25) is 0 Å². The molecule has 11 nitrogen and oxygen atoms in total. The topological polar surface area (TPSA) is 150 Å². The number of carbonyl (C=O) groups is 3. The second-order valence-electron chi connectivity index (χ2n) is 9.77. The number of hydrogen-bond acceptors (Lipinski definition) is 7. The molecular weight excluding hydrogens is 558 g/mol. The Balaban J connectivity index is 1.23. The van der Waals surface area contributed by atoms with E-state index >= 15 is 0 Å². The van der Waals surface area contributed by atoms with Gasteiger partial charge in [-0.05, 0) is 61.4 Å². The van der Waals surface area contributed by atoms with Crippen molar-refractivity contribution in [1.82, 2.24) is 19.6 Å². The van der Waals surface area contributed by atoms with Gasteiger partial charge in [0.25, 0.3) is 5.91 Å². The van der Waals surface area contributed by atoms with Crippen LogP contribution in [0.5, 0.6) is 0 Å². The Hall–Kier alpha value is -5.12. The molecule has 2 aromatic carbocycles. The van der Waals surface area contributed by atoms with Gasteiger partial charge in [-0.3, -0.25) is 14.6 Å². The van der Waals surface area contributed by atoms with Crippen molar-refractivity contribution in [2.24, 2.45) is 0 Å². The van der Waals surface area contributed by atoms with Crippen LogP contribution in [-0.4, -0.2) is 64.8 Å². The summed E-state index contributed by atoms with van der Waals surface area (Å²) in [6.45, 7) is 0.101. The van der Waals surface area contributed by atoms with Crippen LogP contribution in [0.1, 0.15) is 24.0 Å². The average Bonchev–Trinajstić information content (AvgIpc) is 3.63. The number of fused-ring (bicyclic) bond motifs is 1. The lowest BCUT2D eigenvalue weighted by atomic mass is 10.1. The van der Waals surface area contributed by atoms with Crippen molar-refractivity contribution in [3.63, 3.8) is 0 Å². The van der Waals surface area contributed by atoms with Gasteiger partial charge in [-0.2, -0.15) is 4.31 Å². The van der Waals surface area contributed by atoms with E-state index in [9.17, 15) is 27.9 Å². The van der Waals surface area contributed by atoms with E-state index in [2.05, 4.69) is 22.1 Å². The molecule has 2 aliphatic heterocycles. The Morgan fingerprint density at radius 3 is 2.33 bits per heavy atom. The van der Waals surface area contributed by atoms with Crippen molar-refractivity contribution >= 4 is 44.5 Å². The largest absolute Gasteiger partial charge is 0.480 e. The van der Waals surface area contributed by atoms with E-state index < -0.39 is 28.1 Å². The van der Waals surface area contributed by atoms with Gasteiger partial charge in [-0.1, -0.05) is 24.0 Å². The second-order valence-corrected chi connectivity index (χ2v) is 11.7. The molecule has 210 valence electrons. The molecule has 0 bridgehead atoms. The number of aromatic nitrogens is 2. The Labute approximate surface area is 240 Å². The van der Waals surface area contributed by atoms with Crippen LogP contribution in [0.3, 0.4) is 0 Å². The lowest BCUT2D eigenvalue weighted by Crippen LogP contribution is -2.40. The fourth-order valence-electron chi connectivity index (χ4n) is 5.04. The molecule has 2 N–H and O–H groups in total. The van der Waals surface area contributed by atoms with Crippen LogP contribution >= 0.6 is 0 Å². The highest BCUT2D eigenvalue weighted by molar-refractivity contribution is 7.89. The molecule has 4 heterocycles. The molecule has 0 unspecified atom stereocenters. The molecule has 3 amide bonds. The predicted octanol–water partition coefficient (Wildman–Crippen LogP) is 2.99. The molecule has 12 heteroatoms. The van der Waals surface area contributed by atoms with Crippen molar-refractivity contribution < 1.29 is 27.9 Å². The summed E-state index contributed by atoms with van der Waals surface area (Å²) < 4.78 is 27.0. The first-order chi connectivity index (χ1) is 20.2. The fraction of sp³-hybridized carbons (Fsp3) is 0.167. The Morgan fingerprint density at radius 2 is 1.69 bits per heavy atom. The summed E-state index contributed by atoms with van der Waals surface area (Å²) in [5.41, 5.74) is 3.61. The first-order valence-electron chi connectivity index (χ1n) is 13.0. The molecule has 2 saturated heterocycles. The third-order valence-corrected chi connectivity index (χ3v) is 9.08. The molecule has 0 spiro atoms. The lowest BCUT2D eigenvalue weighted by Gasteiger charge is -2.20. The van der Waals surface area contributed by atoms with Crippen molar-refractivity contribution in [1.29, 1.82) is 0 Å². The highest BCUT2D eigenvalue weighted by Gasteiger charge is 2.39. The summed E-state index contributed by atoms with van der Waals surface area (Å²) in [4.78, 5) is 46.2. The molecule has 1 atom stereocenters. The first-order valence-corrected chi connectivity index (χ1v) is 14.5. The molecular formula is C30H23N5O6S. The lowest BCUT2D eigenvalue weighted by molar-refractivity contribution is -0.140. The zero-order valence-electron chi connectivity index (χ0n) is 22.0. The maximum absolute atomic E-state index is 13.0. The van der Waals surface area contributed by atoms with Gasteiger partial charge in [0.2, 0.25) is 10.0 Å². The van der Waals surface area contributed by atoms with Crippen LogP contribution in [-0.2, 0) is 19.6 Å². The minimum Gasteiger partial charge on any atom is -0.480 e. The number of urea groups is 1. The number of imide groups is 1. The quantitative estimate of drug-likeness (QED) is 0.270. The number of benzene rings is 2. The van der Waals surface area contributed by atoms with E-state index in [1.165, 1.54) is 12.1 Å². The SMILES string of the molecule is O=C(O)[C@H]1CCCN1S(=O)(=O)c1ccc(C#Cc2ccc(-c3cc(N4C(=O)CNC4=O)c4cnccc4n3)cc2)cc1. The maximum Gasteiger partial charge on any atom is 0.329 e. The summed E-state index contributed by atoms with van der Waals surface area (Å²) in [5, 5.41) is 12.5. The van der Waals surface area contributed by atoms with Gasteiger partial charge >= 0.3 is 12.0 Å². The summed E-state index contributed by atoms with van der Waals surface area (Å²) >= 11 is 0. The number of nitrogens with one attached hydrogen (secondary N) is 1. The van der Waals surface area contributed by atoms with Crippen LogP contribution in [0.15, 0.2) is 78.0 Å². The van der Waals surface area contributed by atoms with Crippen LogP contribution in [0.4, 0.5) is 10.5 Å². The van der Waals surface area contributed by atoms with Crippen LogP contribution in [0.25, 0.3) is 22.2 Å². The average molecular weight is 582 g/mol. The molecule has 6 rings (SSSR count). The minimum atomic E-state index is -3.93. The zero-order chi connectivity index (χ0) is 29.4. The molecule has 4 aromatic rings. The van der Waals surface area contributed by atoms with Gasteiger partial charge in [0.05, 0.1) is 28.3 Å². The van der Waals surface area contributed by atoms with Gasteiger partial charge in [0.15, 0.2) is 0 Å². The molecule has 42 heavy (non-hydrogen) atoms. The monoisotopic (exact) mass is 581 g/mol. The van der Waals surface area contributed by atoms with Gasteiger partial charge in [0.1, 0.15) is 6.04 Å². The number of aliphatic carboxylic acids is 1. The molecule has 0 aliphatic carbocycles. The number of anilines is 1. The molecule has 2 aromatic heterocycles. The third kappa shape index (κ3) is 4.96. The van der Waals surface area contributed by atoms with E-state index in [0.29, 0.717) is 46.3 Å². The third-order valence-electron chi connectivity index (χ3n) is 7.15. The summed E-state index contributed by atoms with van der Waals surface area (Å²) in [7, 11) is -3.93. The highest BCUT2D eigenvalue weighted by Crippen LogP contribution is 2.32. The highest BCUT2D eigenvalue weighted by atomic mass is 32.2. The van der Waals surface area contributed by atoms with Crippen molar-refractivity contribution in [2.45, 2.75) is 23.8 Å². The number of carboxylic acid groups (broad SMARTS) is 1. The van der Waals surface area contributed by atoms with Crippen molar-refractivity contribution in [2.75, 3.05) is 18.0 Å². The van der Waals surface area contributed by atoms with E-state index in [1.54, 1.807) is 36.7 Å². The second kappa shape index (κ2) is 10.7. The van der Waals surface area contributed by atoms with Crippen molar-refractivity contribution in [3.8, 4) is 23.1 Å². The van der Waals surface area contributed by atoms with Gasteiger partial charge in [0, 0.05) is 41.0 Å². The molecule has 0 radical (unpaired) electrons. The van der Waals surface area contributed by atoms with Crippen molar-refractivity contribution in [3.05, 3.63) is 84.2 Å². The summed E-state index contributed by atoms with van der Waals surface area (Å²) in [5.74, 6) is 4.55. The van der Waals surface area contributed by atoms with Gasteiger partial charge in [-0.15, -0.1) is 0 Å².